The van der Waals surface area contributed by atoms with Crippen LogP contribution in [-0.2, 0) is 6.61 Å². The molecule has 0 saturated heterocycles. The van der Waals surface area contributed by atoms with Crippen molar-refractivity contribution in [1.29, 1.82) is 0 Å². The first-order valence-electron chi connectivity index (χ1n) is 5.02. The Morgan fingerprint density at radius 2 is 1.59 bits per heavy atom. The minimum absolute atomic E-state index is 0.0174. The van der Waals surface area contributed by atoms with Crippen molar-refractivity contribution in [2.45, 2.75) is 16.4 Å². The monoisotopic (exact) mass is 284 g/mol. The summed E-state index contributed by atoms with van der Waals surface area (Å²) in [5.74, 6) is 0. The van der Waals surface area contributed by atoms with Crippen molar-refractivity contribution in [3.63, 3.8) is 0 Å². The highest BCUT2D eigenvalue weighted by molar-refractivity contribution is 7.99. The van der Waals surface area contributed by atoms with Crippen molar-refractivity contribution >= 4 is 35.0 Å². The van der Waals surface area contributed by atoms with E-state index in [0.717, 1.165) is 15.4 Å². The van der Waals surface area contributed by atoms with Gasteiger partial charge in [0.05, 0.1) is 6.61 Å². The Hall–Kier alpha value is -0.670. The number of hydrogen-bond acceptors (Lipinski definition) is 2. The molecule has 0 bridgehead atoms. The van der Waals surface area contributed by atoms with Gasteiger partial charge in [0.2, 0.25) is 0 Å². The smallest absolute Gasteiger partial charge is 0.0693 e. The molecule has 4 heteroatoms. The molecule has 2 rings (SSSR count). The van der Waals surface area contributed by atoms with Crippen LogP contribution in [0.3, 0.4) is 0 Å². The Bertz CT molecular complexity index is 511. The van der Waals surface area contributed by atoms with Crippen LogP contribution < -0.4 is 0 Å². The van der Waals surface area contributed by atoms with Gasteiger partial charge in [0.1, 0.15) is 0 Å². The Labute approximate surface area is 114 Å². The third-order valence-corrected chi connectivity index (χ3v) is 3.85. The molecule has 1 N–H and O–H groups in total. The van der Waals surface area contributed by atoms with Gasteiger partial charge in [-0.2, -0.15) is 0 Å². The molecule has 0 fully saturated rings. The van der Waals surface area contributed by atoms with Gasteiger partial charge >= 0.3 is 0 Å². The molecule has 0 aliphatic rings. The highest BCUT2D eigenvalue weighted by Gasteiger charge is 2.04. The van der Waals surface area contributed by atoms with Gasteiger partial charge in [-0.25, -0.2) is 0 Å². The zero-order valence-electron chi connectivity index (χ0n) is 8.86. The normalized spacial score (nSPS) is 10.5. The van der Waals surface area contributed by atoms with E-state index in [1.165, 1.54) is 0 Å². The lowest BCUT2D eigenvalue weighted by Crippen LogP contribution is -1.87. The van der Waals surface area contributed by atoms with Crippen molar-refractivity contribution in [3.8, 4) is 0 Å². The van der Waals surface area contributed by atoms with E-state index < -0.39 is 0 Å². The lowest BCUT2D eigenvalue weighted by Gasteiger charge is -2.07. The minimum Gasteiger partial charge on any atom is -0.392 e. The van der Waals surface area contributed by atoms with E-state index in [9.17, 15) is 5.11 Å². The fraction of sp³-hybridized carbons (Fsp3) is 0.0769. The number of hydrogen-bond donors (Lipinski definition) is 1. The van der Waals surface area contributed by atoms with Crippen molar-refractivity contribution in [3.05, 3.63) is 58.1 Å². The first-order chi connectivity index (χ1) is 8.19. The SMILES string of the molecule is OCc1cc(Cl)ccc1Sc1ccc(Cl)cc1. The van der Waals surface area contributed by atoms with Crippen LogP contribution in [0.5, 0.6) is 0 Å². The van der Waals surface area contributed by atoms with Gasteiger partial charge < -0.3 is 5.11 Å². The fourth-order valence-corrected chi connectivity index (χ4v) is 2.64. The van der Waals surface area contributed by atoms with Gasteiger partial charge in [0, 0.05) is 19.8 Å². The summed E-state index contributed by atoms with van der Waals surface area (Å²) in [6, 6.07) is 13.1. The maximum absolute atomic E-state index is 9.27. The van der Waals surface area contributed by atoms with E-state index >= 15 is 0 Å². The quantitative estimate of drug-likeness (QED) is 0.886. The van der Waals surface area contributed by atoms with Crippen LogP contribution in [0.15, 0.2) is 52.3 Å². The third-order valence-electron chi connectivity index (χ3n) is 2.23. The Morgan fingerprint density at radius 1 is 0.941 bits per heavy atom. The average molecular weight is 285 g/mol. The summed E-state index contributed by atoms with van der Waals surface area (Å²) < 4.78 is 0. The number of rotatable bonds is 3. The summed E-state index contributed by atoms with van der Waals surface area (Å²) >= 11 is 13.3. The second kappa shape index (κ2) is 5.78. The molecule has 2 aromatic carbocycles. The third kappa shape index (κ3) is 3.39. The topological polar surface area (TPSA) is 20.2 Å². The number of aliphatic hydroxyl groups excluding tert-OH is 1. The standard InChI is InChI=1S/C13H10Cl2OS/c14-10-1-4-12(5-2-10)17-13-6-3-11(15)7-9(13)8-16/h1-7,16H,8H2. The highest BCUT2D eigenvalue weighted by atomic mass is 35.5. The summed E-state index contributed by atoms with van der Waals surface area (Å²) in [7, 11) is 0. The Balaban J connectivity index is 2.26. The maximum atomic E-state index is 9.27. The summed E-state index contributed by atoms with van der Waals surface area (Å²) in [4.78, 5) is 2.07. The molecule has 0 saturated carbocycles. The second-order valence-electron chi connectivity index (χ2n) is 3.47. The molecular weight excluding hydrogens is 275 g/mol. The predicted octanol–water partition coefficient (Wildman–Crippen LogP) is 4.64. The molecule has 0 spiro atoms. The average Bonchev–Trinajstić information content (AvgIpc) is 2.34. The van der Waals surface area contributed by atoms with Crippen LogP contribution in [0.4, 0.5) is 0 Å². The molecule has 0 atom stereocenters. The Morgan fingerprint density at radius 3 is 2.24 bits per heavy atom. The van der Waals surface area contributed by atoms with Gasteiger partial charge in [-0.05, 0) is 48.0 Å². The molecule has 0 amide bonds. The molecule has 0 heterocycles. The molecular formula is C13H10Cl2OS. The zero-order valence-corrected chi connectivity index (χ0v) is 11.2. The Kier molecular flexibility index (Phi) is 4.35. The summed E-state index contributed by atoms with van der Waals surface area (Å²) in [6.07, 6.45) is 0. The summed E-state index contributed by atoms with van der Waals surface area (Å²) in [5.41, 5.74) is 0.831. The van der Waals surface area contributed by atoms with Gasteiger partial charge in [-0.1, -0.05) is 35.0 Å². The van der Waals surface area contributed by atoms with Crippen molar-refractivity contribution < 1.29 is 5.11 Å². The summed E-state index contributed by atoms with van der Waals surface area (Å²) in [6.45, 7) is -0.0174. The van der Waals surface area contributed by atoms with E-state index in [1.54, 1.807) is 17.8 Å². The van der Waals surface area contributed by atoms with Gasteiger partial charge in [-0.3, -0.25) is 0 Å². The first kappa shape index (κ1) is 12.8. The van der Waals surface area contributed by atoms with E-state index in [-0.39, 0.29) is 6.61 Å². The summed E-state index contributed by atoms with van der Waals surface area (Å²) in [5, 5.41) is 10.6. The molecule has 0 unspecified atom stereocenters. The molecule has 1 nitrogen and oxygen atoms in total. The minimum atomic E-state index is -0.0174. The van der Waals surface area contributed by atoms with Crippen LogP contribution in [0.1, 0.15) is 5.56 Å². The lowest BCUT2D eigenvalue weighted by molar-refractivity contribution is 0.279. The van der Waals surface area contributed by atoms with E-state index in [0.29, 0.717) is 10.0 Å². The molecule has 0 aliphatic carbocycles. The van der Waals surface area contributed by atoms with Gasteiger partial charge in [0.25, 0.3) is 0 Å². The van der Waals surface area contributed by atoms with E-state index in [2.05, 4.69) is 0 Å². The molecule has 17 heavy (non-hydrogen) atoms. The predicted molar refractivity (Wildman–Crippen MR) is 72.9 cm³/mol. The van der Waals surface area contributed by atoms with Gasteiger partial charge in [0.15, 0.2) is 0 Å². The number of benzene rings is 2. The van der Waals surface area contributed by atoms with Crippen molar-refractivity contribution in [1.82, 2.24) is 0 Å². The van der Waals surface area contributed by atoms with Crippen LogP contribution >= 0.6 is 35.0 Å². The highest BCUT2D eigenvalue weighted by Crippen LogP contribution is 2.32. The zero-order chi connectivity index (χ0) is 12.3. The molecule has 0 radical (unpaired) electrons. The van der Waals surface area contributed by atoms with Crippen LogP contribution in [0.25, 0.3) is 0 Å². The molecule has 0 aliphatic heterocycles. The maximum Gasteiger partial charge on any atom is 0.0693 e. The van der Waals surface area contributed by atoms with Gasteiger partial charge in [-0.15, -0.1) is 0 Å². The molecule has 0 aromatic heterocycles. The van der Waals surface area contributed by atoms with E-state index in [4.69, 9.17) is 23.2 Å². The first-order valence-corrected chi connectivity index (χ1v) is 6.59. The largest absolute Gasteiger partial charge is 0.392 e. The number of halogens is 2. The van der Waals surface area contributed by atoms with Crippen LogP contribution in [-0.4, -0.2) is 5.11 Å². The molecule has 88 valence electrons. The number of aliphatic hydroxyl groups is 1. The lowest BCUT2D eigenvalue weighted by atomic mass is 10.2. The van der Waals surface area contributed by atoms with E-state index in [1.807, 2.05) is 36.4 Å². The molecule has 2 aromatic rings. The van der Waals surface area contributed by atoms with Crippen LogP contribution in [0, 0.1) is 0 Å². The van der Waals surface area contributed by atoms with Crippen molar-refractivity contribution in [2.24, 2.45) is 0 Å². The van der Waals surface area contributed by atoms with Crippen LogP contribution in [0.2, 0.25) is 10.0 Å². The second-order valence-corrected chi connectivity index (χ2v) is 5.45. The fourth-order valence-electron chi connectivity index (χ4n) is 1.40. The van der Waals surface area contributed by atoms with Crippen molar-refractivity contribution in [2.75, 3.05) is 0 Å².